The lowest BCUT2D eigenvalue weighted by molar-refractivity contribution is -0.102. The first-order valence-electron chi connectivity index (χ1n) is 17.8. The van der Waals surface area contributed by atoms with E-state index in [2.05, 4.69) is 40.7 Å². The average molecular weight is 611 g/mol. The third-order valence-electron chi connectivity index (χ3n) is 12.8. The van der Waals surface area contributed by atoms with E-state index in [1.165, 1.54) is 50.5 Å². The molecule has 0 aromatic heterocycles. The monoisotopic (exact) mass is 610 g/mol. The maximum absolute atomic E-state index is 13.6. The van der Waals surface area contributed by atoms with Crippen molar-refractivity contribution in [2.24, 2.45) is 46.3 Å². The lowest BCUT2D eigenvalue weighted by Crippen LogP contribution is -2.55. The topological polar surface area (TPSA) is 52.6 Å². The Hall–Kier alpha value is -2.88. The molecule has 0 saturated heterocycles. The highest BCUT2D eigenvalue weighted by Gasteiger charge is 2.62. The minimum atomic E-state index is -0.256. The van der Waals surface area contributed by atoms with Crippen LogP contribution in [-0.2, 0) is 9.47 Å². The van der Waals surface area contributed by atoms with Crippen molar-refractivity contribution in [3.8, 4) is 0 Å². The Bertz CT molecular complexity index is 1360. The summed E-state index contributed by atoms with van der Waals surface area (Å²) < 4.78 is 12.6. The summed E-state index contributed by atoms with van der Waals surface area (Å²) in [7, 11) is 0. The lowest BCUT2D eigenvalue weighted by atomic mass is 9.46. The first kappa shape index (κ1) is 32.1. The molecule has 0 spiro atoms. The minimum absolute atomic E-state index is 0.0400. The van der Waals surface area contributed by atoms with Gasteiger partial charge in [-0.2, -0.15) is 0 Å². The van der Waals surface area contributed by atoms with Crippen molar-refractivity contribution in [3.63, 3.8) is 0 Å². The molecule has 4 heteroatoms. The molecule has 0 N–H and O–H groups in total. The molecule has 0 radical (unpaired) electrons. The van der Waals surface area contributed by atoms with Gasteiger partial charge in [0.2, 0.25) is 0 Å². The molecular weight excluding hydrogens is 556 g/mol. The van der Waals surface area contributed by atoms with Crippen LogP contribution >= 0.6 is 0 Å². The molecule has 2 aromatic rings. The molecule has 4 aliphatic carbocycles. The van der Waals surface area contributed by atoms with E-state index in [4.69, 9.17) is 9.47 Å². The lowest BCUT2D eigenvalue weighted by Gasteiger charge is -2.59. The highest BCUT2D eigenvalue weighted by atomic mass is 16.5. The number of carbonyl (C=O) groups excluding carboxylic acids is 2. The predicted octanol–water partition coefficient (Wildman–Crippen LogP) is 10.1. The SMILES string of the molecule is CC(C)CCC[C@H](C)[C@@H]1CC[C@@H]2[C@@H]3[C@@H](CC[C@@]21C)[C@@]1(C)CC[C@H](OC(=O)c2ccccc2)CC1=C[C@H]3OC(=O)c1ccccc1. The summed E-state index contributed by atoms with van der Waals surface area (Å²) in [4.78, 5) is 26.6. The number of esters is 2. The molecule has 45 heavy (non-hydrogen) atoms. The summed E-state index contributed by atoms with van der Waals surface area (Å²) in [5.74, 6) is 3.07. The van der Waals surface area contributed by atoms with Crippen LogP contribution in [0.4, 0.5) is 0 Å². The summed E-state index contributed by atoms with van der Waals surface area (Å²) in [6.45, 7) is 12.2. The van der Waals surface area contributed by atoms with Crippen LogP contribution in [-0.4, -0.2) is 24.1 Å². The van der Waals surface area contributed by atoms with Crippen LogP contribution in [0.2, 0.25) is 0 Å². The van der Waals surface area contributed by atoms with Gasteiger partial charge in [0.15, 0.2) is 0 Å². The van der Waals surface area contributed by atoms with Crippen LogP contribution in [0.15, 0.2) is 72.3 Å². The first-order chi connectivity index (χ1) is 21.6. The highest BCUT2D eigenvalue weighted by molar-refractivity contribution is 5.90. The van der Waals surface area contributed by atoms with Crippen molar-refractivity contribution >= 4 is 11.9 Å². The molecule has 6 rings (SSSR count). The van der Waals surface area contributed by atoms with Gasteiger partial charge in [0.05, 0.1) is 11.1 Å². The Kier molecular flexibility index (Phi) is 9.33. The zero-order chi connectivity index (χ0) is 31.8. The summed E-state index contributed by atoms with van der Waals surface area (Å²) in [6, 6.07) is 18.8. The van der Waals surface area contributed by atoms with Gasteiger partial charge in [0.25, 0.3) is 0 Å². The minimum Gasteiger partial charge on any atom is -0.458 e. The molecule has 0 heterocycles. The second-order valence-electron chi connectivity index (χ2n) is 15.8. The van der Waals surface area contributed by atoms with Crippen LogP contribution in [0.1, 0.15) is 120 Å². The number of ether oxygens (including phenoxy) is 2. The number of fused-ring (bicyclic) bond motifs is 5. The maximum Gasteiger partial charge on any atom is 0.338 e. The van der Waals surface area contributed by atoms with Crippen molar-refractivity contribution in [2.45, 2.75) is 111 Å². The van der Waals surface area contributed by atoms with E-state index in [9.17, 15) is 9.59 Å². The predicted molar refractivity (Wildman–Crippen MR) is 180 cm³/mol. The Morgan fingerprint density at radius 1 is 0.778 bits per heavy atom. The van der Waals surface area contributed by atoms with Crippen LogP contribution < -0.4 is 0 Å². The van der Waals surface area contributed by atoms with Crippen molar-refractivity contribution < 1.29 is 19.1 Å². The molecule has 0 unspecified atom stereocenters. The van der Waals surface area contributed by atoms with Gasteiger partial charge in [-0.05, 0) is 109 Å². The molecule has 3 fully saturated rings. The highest BCUT2D eigenvalue weighted by Crippen LogP contribution is 2.67. The number of benzene rings is 2. The Labute approximate surface area is 271 Å². The summed E-state index contributed by atoms with van der Waals surface area (Å²) in [5, 5.41) is 0. The Morgan fingerprint density at radius 2 is 1.42 bits per heavy atom. The Morgan fingerprint density at radius 3 is 2.07 bits per heavy atom. The van der Waals surface area contributed by atoms with E-state index < -0.39 is 0 Å². The molecule has 2 aromatic carbocycles. The fraction of sp³-hybridized carbons (Fsp3) is 0.610. The van der Waals surface area contributed by atoms with E-state index >= 15 is 0 Å². The molecule has 4 nitrogen and oxygen atoms in total. The molecule has 9 atom stereocenters. The van der Waals surface area contributed by atoms with Gasteiger partial charge < -0.3 is 9.47 Å². The number of hydrogen-bond donors (Lipinski definition) is 0. The summed E-state index contributed by atoms with van der Waals surface area (Å²) in [6.07, 6.45) is 13.4. The molecule has 0 bridgehead atoms. The van der Waals surface area contributed by atoms with Gasteiger partial charge in [-0.25, -0.2) is 9.59 Å². The smallest absolute Gasteiger partial charge is 0.338 e. The fourth-order valence-corrected chi connectivity index (χ4v) is 10.4. The third kappa shape index (κ3) is 6.28. The largest absolute Gasteiger partial charge is 0.458 e. The van der Waals surface area contributed by atoms with E-state index in [1.807, 2.05) is 60.7 Å². The van der Waals surface area contributed by atoms with E-state index in [0.717, 1.165) is 37.0 Å². The van der Waals surface area contributed by atoms with E-state index in [-0.39, 0.29) is 35.0 Å². The van der Waals surface area contributed by atoms with Crippen LogP contribution in [0.3, 0.4) is 0 Å². The van der Waals surface area contributed by atoms with Crippen LogP contribution in [0, 0.1) is 46.3 Å². The summed E-state index contributed by atoms with van der Waals surface area (Å²) in [5.41, 5.74) is 2.85. The van der Waals surface area contributed by atoms with Gasteiger partial charge in [0, 0.05) is 12.3 Å². The van der Waals surface area contributed by atoms with E-state index in [0.29, 0.717) is 28.9 Å². The second-order valence-corrected chi connectivity index (χ2v) is 15.8. The van der Waals surface area contributed by atoms with Crippen molar-refractivity contribution in [1.82, 2.24) is 0 Å². The van der Waals surface area contributed by atoms with Crippen molar-refractivity contribution in [3.05, 3.63) is 83.4 Å². The van der Waals surface area contributed by atoms with Crippen molar-refractivity contribution in [2.75, 3.05) is 0 Å². The van der Waals surface area contributed by atoms with E-state index in [1.54, 1.807) is 0 Å². The number of hydrogen-bond acceptors (Lipinski definition) is 4. The molecule has 0 aliphatic heterocycles. The zero-order valence-corrected chi connectivity index (χ0v) is 28.2. The number of carbonyl (C=O) groups is 2. The molecule has 242 valence electrons. The number of rotatable bonds is 9. The molecular formula is C41H54O4. The third-order valence-corrected chi connectivity index (χ3v) is 12.8. The zero-order valence-electron chi connectivity index (χ0n) is 28.2. The van der Waals surface area contributed by atoms with Gasteiger partial charge in [-0.3, -0.25) is 0 Å². The summed E-state index contributed by atoms with van der Waals surface area (Å²) >= 11 is 0. The average Bonchev–Trinajstić information content (AvgIpc) is 3.39. The van der Waals surface area contributed by atoms with Gasteiger partial charge >= 0.3 is 11.9 Å². The van der Waals surface area contributed by atoms with Gasteiger partial charge in [-0.1, -0.05) is 95.9 Å². The van der Waals surface area contributed by atoms with Gasteiger partial charge in [-0.15, -0.1) is 0 Å². The second kappa shape index (κ2) is 13.1. The molecule has 0 amide bonds. The maximum atomic E-state index is 13.6. The molecule has 3 saturated carbocycles. The Balaban J connectivity index is 1.28. The standard InChI is InChI=1S/C41H54O4/c1-27(2)13-12-14-28(3)33-19-20-34-37-35(22-24-41(33,34)5)40(4)23-21-32(44-38(42)29-15-8-6-9-16-29)25-31(40)26-36(37)45-39(43)30-17-10-7-11-18-30/h6-11,15-18,26-28,32-37H,12-14,19-25H2,1-5H3/t28-,32-,33-,34+,35+,36+,37+,40-,41+/m0/s1. The normalized spacial score (nSPS) is 34.6. The first-order valence-corrected chi connectivity index (χ1v) is 17.8. The van der Waals surface area contributed by atoms with Crippen LogP contribution in [0.25, 0.3) is 0 Å². The van der Waals surface area contributed by atoms with Crippen LogP contribution in [0.5, 0.6) is 0 Å². The molecule has 4 aliphatic rings. The fourth-order valence-electron chi connectivity index (χ4n) is 10.4. The quantitative estimate of drug-likeness (QED) is 0.209. The van der Waals surface area contributed by atoms with Gasteiger partial charge in [0.1, 0.15) is 12.2 Å². The van der Waals surface area contributed by atoms with Crippen molar-refractivity contribution in [1.29, 1.82) is 0 Å².